The lowest BCUT2D eigenvalue weighted by atomic mass is 10.1. The lowest BCUT2D eigenvalue weighted by Gasteiger charge is -2.06. The van der Waals surface area contributed by atoms with Crippen molar-refractivity contribution in [1.29, 1.82) is 0 Å². The van der Waals surface area contributed by atoms with Gasteiger partial charge in [-0.1, -0.05) is 13.8 Å². The predicted octanol–water partition coefficient (Wildman–Crippen LogP) is 1.04. The van der Waals surface area contributed by atoms with Gasteiger partial charge < -0.3 is 10.5 Å². The monoisotopic (exact) mass is 209 g/mol. The van der Waals surface area contributed by atoms with Crippen molar-refractivity contribution in [3.63, 3.8) is 0 Å². The number of hydrogen-bond donors (Lipinski definition) is 1. The van der Waals surface area contributed by atoms with Gasteiger partial charge in [-0.25, -0.2) is 14.8 Å². The van der Waals surface area contributed by atoms with Gasteiger partial charge in [-0.15, -0.1) is 0 Å². The van der Waals surface area contributed by atoms with Gasteiger partial charge in [0.2, 0.25) is 5.82 Å². The zero-order chi connectivity index (χ0) is 11.4. The molecule has 1 rings (SSSR count). The molecule has 0 fully saturated rings. The molecule has 1 heterocycles. The largest absolute Gasteiger partial charge is 0.463 e. The summed E-state index contributed by atoms with van der Waals surface area (Å²) >= 11 is 0. The number of rotatable bonds is 3. The highest BCUT2D eigenvalue weighted by molar-refractivity contribution is 5.85. The Balaban J connectivity index is 2.99. The van der Waals surface area contributed by atoms with E-state index in [0.29, 0.717) is 11.7 Å². The first-order valence-electron chi connectivity index (χ1n) is 4.74. The Morgan fingerprint density at radius 3 is 2.73 bits per heavy atom. The highest BCUT2D eigenvalue weighted by Crippen LogP contribution is 2.09. The summed E-state index contributed by atoms with van der Waals surface area (Å²) in [5, 5.41) is 0. The van der Waals surface area contributed by atoms with Crippen LogP contribution in [-0.2, 0) is 11.2 Å². The van der Waals surface area contributed by atoms with Gasteiger partial charge in [0, 0.05) is 11.8 Å². The van der Waals surface area contributed by atoms with Crippen LogP contribution >= 0.6 is 0 Å². The second kappa shape index (κ2) is 4.72. The van der Waals surface area contributed by atoms with Crippen LogP contribution in [0.4, 0.5) is 5.82 Å². The van der Waals surface area contributed by atoms with Crippen molar-refractivity contribution in [2.75, 3.05) is 12.8 Å². The van der Waals surface area contributed by atoms with E-state index < -0.39 is 5.97 Å². The van der Waals surface area contributed by atoms with E-state index in [1.165, 1.54) is 7.11 Å². The second-order valence-corrected chi connectivity index (χ2v) is 3.70. The number of aromatic nitrogens is 2. The second-order valence-electron chi connectivity index (χ2n) is 3.70. The third kappa shape index (κ3) is 3.19. The van der Waals surface area contributed by atoms with Crippen LogP contribution in [0.5, 0.6) is 0 Å². The Labute approximate surface area is 88.7 Å². The standard InChI is InChI=1S/C10H15N3O2/c1-6(2)4-7-5-8(11)13-9(12-7)10(14)15-3/h5-6H,4H2,1-3H3,(H2,11,12,13). The molecule has 1 aromatic heterocycles. The predicted molar refractivity (Wildman–Crippen MR) is 56.3 cm³/mol. The molecular formula is C10H15N3O2. The van der Waals surface area contributed by atoms with Crippen molar-refractivity contribution in [3.8, 4) is 0 Å². The molecule has 0 saturated carbocycles. The fourth-order valence-electron chi connectivity index (χ4n) is 1.22. The third-order valence-corrected chi connectivity index (χ3v) is 1.78. The van der Waals surface area contributed by atoms with Gasteiger partial charge in [0.25, 0.3) is 0 Å². The molecule has 5 nitrogen and oxygen atoms in total. The first-order chi connectivity index (χ1) is 7.02. The van der Waals surface area contributed by atoms with E-state index in [1.54, 1.807) is 6.07 Å². The fourth-order valence-corrected chi connectivity index (χ4v) is 1.22. The summed E-state index contributed by atoms with van der Waals surface area (Å²) in [5.74, 6) is 0.200. The van der Waals surface area contributed by atoms with Crippen molar-refractivity contribution in [1.82, 2.24) is 9.97 Å². The molecule has 2 N–H and O–H groups in total. The maximum Gasteiger partial charge on any atom is 0.376 e. The van der Waals surface area contributed by atoms with E-state index >= 15 is 0 Å². The molecule has 5 heteroatoms. The number of nitrogens with two attached hydrogens (primary N) is 1. The highest BCUT2D eigenvalue weighted by Gasteiger charge is 2.12. The maximum atomic E-state index is 11.2. The average Bonchev–Trinajstić information content (AvgIpc) is 2.14. The summed E-state index contributed by atoms with van der Waals surface area (Å²) in [6.07, 6.45) is 0.761. The molecular weight excluding hydrogens is 194 g/mol. The molecule has 0 radical (unpaired) electrons. The number of anilines is 1. The normalized spacial score (nSPS) is 10.4. The third-order valence-electron chi connectivity index (χ3n) is 1.78. The molecule has 15 heavy (non-hydrogen) atoms. The van der Waals surface area contributed by atoms with Crippen molar-refractivity contribution in [2.24, 2.45) is 5.92 Å². The molecule has 0 aromatic carbocycles. The molecule has 82 valence electrons. The minimum Gasteiger partial charge on any atom is -0.463 e. The van der Waals surface area contributed by atoms with Crippen molar-refractivity contribution >= 4 is 11.8 Å². The Morgan fingerprint density at radius 1 is 1.53 bits per heavy atom. The summed E-state index contributed by atoms with van der Waals surface area (Å²) in [4.78, 5) is 19.1. The summed E-state index contributed by atoms with van der Waals surface area (Å²) in [6, 6.07) is 1.67. The lowest BCUT2D eigenvalue weighted by molar-refractivity contribution is 0.0586. The van der Waals surface area contributed by atoms with Crippen molar-refractivity contribution in [3.05, 3.63) is 17.6 Å². The maximum absolute atomic E-state index is 11.2. The van der Waals surface area contributed by atoms with Gasteiger partial charge in [-0.2, -0.15) is 0 Å². The first kappa shape index (κ1) is 11.4. The number of carbonyl (C=O) groups excluding carboxylic acids is 1. The summed E-state index contributed by atoms with van der Waals surface area (Å²) < 4.78 is 4.53. The molecule has 0 bridgehead atoms. The zero-order valence-corrected chi connectivity index (χ0v) is 9.15. The Morgan fingerprint density at radius 2 is 2.20 bits per heavy atom. The molecule has 0 aliphatic heterocycles. The van der Waals surface area contributed by atoms with Crippen LogP contribution in [0.2, 0.25) is 0 Å². The molecule has 0 saturated heterocycles. The Bertz CT molecular complexity index is 364. The highest BCUT2D eigenvalue weighted by atomic mass is 16.5. The topological polar surface area (TPSA) is 78.1 Å². The SMILES string of the molecule is COC(=O)c1nc(N)cc(CC(C)C)n1. The van der Waals surface area contributed by atoms with Gasteiger partial charge in [-0.05, 0) is 12.3 Å². The van der Waals surface area contributed by atoms with Crippen LogP contribution in [0.15, 0.2) is 6.07 Å². The van der Waals surface area contributed by atoms with Crippen LogP contribution in [-0.4, -0.2) is 23.0 Å². The zero-order valence-electron chi connectivity index (χ0n) is 9.15. The molecule has 0 amide bonds. The Hall–Kier alpha value is -1.65. The number of ether oxygens (including phenoxy) is 1. The summed E-state index contributed by atoms with van der Waals surface area (Å²) in [7, 11) is 1.29. The number of esters is 1. The molecule has 0 aliphatic carbocycles. The average molecular weight is 209 g/mol. The summed E-state index contributed by atoms with van der Waals surface area (Å²) in [5.41, 5.74) is 6.33. The van der Waals surface area contributed by atoms with E-state index in [-0.39, 0.29) is 5.82 Å². The van der Waals surface area contributed by atoms with Crippen molar-refractivity contribution in [2.45, 2.75) is 20.3 Å². The van der Waals surface area contributed by atoms with Crippen LogP contribution in [0.25, 0.3) is 0 Å². The molecule has 0 unspecified atom stereocenters. The Kier molecular flexibility index (Phi) is 3.60. The lowest BCUT2D eigenvalue weighted by Crippen LogP contribution is -2.12. The number of nitrogens with zero attached hydrogens (tertiary/aromatic N) is 2. The van der Waals surface area contributed by atoms with E-state index in [9.17, 15) is 4.79 Å². The van der Waals surface area contributed by atoms with Gasteiger partial charge in [0.05, 0.1) is 7.11 Å². The summed E-state index contributed by atoms with van der Waals surface area (Å²) in [6.45, 7) is 4.13. The van der Waals surface area contributed by atoms with Gasteiger partial charge in [0.1, 0.15) is 5.82 Å². The smallest absolute Gasteiger partial charge is 0.376 e. The van der Waals surface area contributed by atoms with E-state index in [2.05, 4.69) is 28.6 Å². The molecule has 0 atom stereocenters. The quantitative estimate of drug-likeness (QED) is 0.752. The van der Waals surface area contributed by atoms with E-state index in [4.69, 9.17) is 5.73 Å². The van der Waals surface area contributed by atoms with Crippen molar-refractivity contribution < 1.29 is 9.53 Å². The first-order valence-corrected chi connectivity index (χ1v) is 4.74. The number of nitrogen functional groups attached to an aromatic ring is 1. The molecule has 0 aliphatic rings. The number of methoxy groups -OCH3 is 1. The van der Waals surface area contributed by atoms with Crippen LogP contribution in [0, 0.1) is 5.92 Å². The van der Waals surface area contributed by atoms with Crippen LogP contribution < -0.4 is 5.73 Å². The van der Waals surface area contributed by atoms with Crippen LogP contribution in [0.3, 0.4) is 0 Å². The minimum absolute atomic E-state index is 0.0214. The molecule has 0 spiro atoms. The van der Waals surface area contributed by atoms with Crippen LogP contribution in [0.1, 0.15) is 30.2 Å². The fraction of sp³-hybridized carbons (Fsp3) is 0.500. The molecule has 1 aromatic rings. The van der Waals surface area contributed by atoms with E-state index in [0.717, 1.165) is 12.1 Å². The van der Waals surface area contributed by atoms with E-state index in [1.807, 2.05) is 0 Å². The van der Waals surface area contributed by atoms with Gasteiger partial charge in [0.15, 0.2) is 0 Å². The number of hydrogen-bond acceptors (Lipinski definition) is 5. The number of carbonyl (C=O) groups is 1. The minimum atomic E-state index is -0.563. The van der Waals surface area contributed by atoms with Gasteiger partial charge in [-0.3, -0.25) is 0 Å². The van der Waals surface area contributed by atoms with Gasteiger partial charge >= 0.3 is 5.97 Å².